The van der Waals surface area contributed by atoms with Crippen LogP contribution in [0.4, 0.5) is 0 Å². The number of ketones is 1. The van der Waals surface area contributed by atoms with Crippen molar-refractivity contribution in [2.24, 2.45) is 34.5 Å². The van der Waals surface area contributed by atoms with Crippen LogP contribution in [0.3, 0.4) is 0 Å². The van der Waals surface area contributed by atoms with Crippen molar-refractivity contribution in [2.45, 2.75) is 114 Å². The number of carbonyl (C=O) groups excluding carboxylic acids is 4. The molecule has 2 bridgehead atoms. The molecule has 6 rings (SSSR count). The first-order valence-corrected chi connectivity index (χ1v) is 17.4. The molecule has 17 nitrogen and oxygen atoms in total. The van der Waals surface area contributed by atoms with Gasteiger partial charge in [0.1, 0.15) is 36.6 Å². The average molecular weight is 741 g/mol. The van der Waals surface area contributed by atoms with E-state index in [-0.39, 0.29) is 30.8 Å². The predicted octanol–water partition coefficient (Wildman–Crippen LogP) is -2.23. The van der Waals surface area contributed by atoms with E-state index in [9.17, 15) is 54.9 Å². The van der Waals surface area contributed by atoms with Crippen LogP contribution in [0, 0.1) is 34.5 Å². The topological polar surface area (TPSA) is 265 Å². The first kappa shape index (κ1) is 38.7. The average Bonchev–Trinajstić information content (AvgIpc) is 3.39. The summed E-state index contributed by atoms with van der Waals surface area (Å²) in [6.45, 7) is 6.81. The maximum atomic E-state index is 13.9. The van der Waals surface area contributed by atoms with E-state index < -0.39 is 131 Å². The summed E-state index contributed by atoms with van der Waals surface area (Å²) in [7, 11) is 1.04. The molecule has 52 heavy (non-hydrogen) atoms. The van der Waals surface area contributed by atoms with Crippen LogP contribution < -0.4 is 0 Å². The lowest BCUT2D eigenvalue weighted by atomic mass is 9.38. The Hall–Kier alpha value is -3.00. The Morgan fingerprint density at radius 3 is 2.33 bits per heavy atom. The number of allylic oxidation sites excluding steroid dienone is 2. The van der Waals surface area contributed by atoms with Crippen LogP contribution in [0.2, 0.25) is 0 Å². The predicted molar refractivity (Wildman–Crippen MR) is 170 cm³/mol. The van der Waals surface area contributed by atoms with E-state index in [1.807, 2.05) is 0 Å². The Morgan fingerprint density at radius 2 is 1.73 bits per heavy atom. The number of carbonyl (C=O) groups is 4. The largest absolute Gasteiger partial charge is 0.467 e. The van der Waals surface area contributed by atoms with Gasteiger partial charge in [0, 0.05) is 23.3 Å². The van der Waals surface area contributed by atoms with E-state index in [4.69, 9.17) is 28.4 Å². The lowest BCUT2D eigenvalue weighted by Gasteiger charge is -2.67. The van der Waals surface area contributed by atoms with E-state index in [1.165, 1.54) is 19.9 Å². The Balaban J connectivity index is 1.47. The second kappa shape index (κ2) is 13.1. The van der Waals surface area contributed by atoms with Crippen molar-refractivity contribution in [3.63, 3.8) is 0 Å². The lowest BCUT2D eigenvalue weighted by Crippen LogP contribution is -2.79. The fraction of sp³-hybridized carbons (Fsp3) is 0.771. The summed E-state index contributed by atoms with van der Waals surface area (Å²) >= 11 is 0. The number of ether oxygens (including phenoxy) is 6. The molecule has 16 atom stereocenters. The summed E-state index contributed by atoms with van der Waals surface area (Å²) in [5.41, 5.74) is -6.40. The molecule has 1 unspecified atom stereocenters. The van der Waals surface area contributed by atoms with Gasteiger partial charge in [0.05, 0.1) is 37.9 Å². The lowest BCUT2D eigenvalue weighted by molar-refractivity contribution is -0.296. The zero-order chi connectivity index (χ0) is 38.5. The van der Waals surface area contributed by atoms with Crippen LogP contribution in [0.25, 0.3) is 0 Å². The molecule has 3 aliphatic carbocycles. The van der Waals surface area contributed by atoms with Crippen LogP contribution in [-0.4, -0.2) is 146 Å². The van der Waals surface area contributed by atoms with Gasteiger partial charge in [0.15, 0.2) is 11.5 Å². The second-order valence-corrected chi connectivity index (χ2v) is 15.6. The molecule has 0 aromatic carbocycles. The van der Waals surface area contributed by atoms with E-state index >= 15 is 0 Å². The van der Waals surface area contributed by atoms with Crippen LogP contribution in [0.1, 0.15) is 47.5 Å². The third-order valence-electron chi connectivity index (χ3n) is 12.6. The van der Waals surface area contributed by atoms with Gasteiger partial charge in [0.25, 0.3) is 0 Å². The maximum absolute atomic E-state index is 13.9. The van der Waals surface area contributed by atoms with Crippen molar-refractivity contribution in [3.05, 3.63) is 23.5 Å². The highest BCUT2D eigenvalue weighted by Crippen LogP contribution is 2.72. The summed E-state index contributed by atoms with van der Waals surface area (Å²) in [4.78, 5) is 54.8. The number of fused-ring (bicyclic) bond motifs is 2. The molecule has 6 aliphatic rings. The smallest absolute Gasteiger partial charge is 0.348 e. The van der Waals surface area contributed by atoms with Gasteiger partial charge in [-0.1, -0.05) is 20.8 Å². The standard InChI is InChI=1S/C35H48O17/c1-7-14(32(3,4)46)8-19(37)52-25-27-34-12-48-35(27,31(45)47-6)28(43)24(42)26(34)33(5)10-16(20(38)13(2)15(33)9-18(34)51-29(25)44)49-30-23(41)22(40)21(39)17(11-36)50-30/h8,10,13,15,17-18,21-28,30,36,39-43,46H,7,9,11-12H2,1-6H3/b14-8+/t13-,15-,17+,18+,21+,22-,23+,24+,25+,26?,27+,28-,30+,33-,34+,35-/m0/s1. The van der Waals surface area contributed by atoms with E-state index in [1.54, 1.807) is 20.8 Å². The van der Waals surface area contributed by atoms with Gasteiger partial charge in [-0.05, 0) is 49.7 Å². The van der Waals surface area contributed by atoms with Gasteiger partial charge in [-0.15, -0.1) is 0 Å². The molecule has 0 amide bonds. The zero-order valence-electron chi connectivity index (χ0n) is 29.7. The molecule has 3 aliphatic heterocycles. The molecular weight excluding hydrogens is 692 g/mol. The summed E-state index contributed by atoms with van der Waals surface area (Å²) < 4.78 is 34.3. The van der Waals surface area contributed by atoms with Gasteiger partial charge >= 0.3 is 17.9 Å². The first-order chi connectivity index (χ1) is 24.3. The quantitative estimate of drug-likeness (QED) is 0.0789. The Morgan fingerprint density at radius 1 is 1.06 bits per heavy atom. The number of rotatable bonds is 8. The minimum absolute atomic E-state index is 0.00859. The molecule has 5 fully saturated rings. The normalized spacial score (nSPS) is 47.1. The highest BCUT2D eigenvalue weighted by molar-refractivity contribution is 5.97. The minimum Gasteiger partial charge on any atom is -0.467 e. The third kappa shape index (κ3) is 5.30. The third-order valence-corrected chi connectivity index (χ3v) is 12.6. The van der Waals surface area contributed by atoms with Crippen LogP contribution >= 0.6 is 0 Å². The zero-order valence-corrected chi connectivity index (χ0v) is 29.7. The van der Waals surface area contributed by atoms with Crippen LogP contribution in [0.5, 0.6) is 0 Å². The molecule has 0 radical (unpaired) electrons. The van der Waals surface area contributed by atoms with Crippen molar-refractivity contribution >= 4 is 23.7 Å². The van der Waals surface area contributed by atoms with Gasteiger partial charge in [0.2, 0.25) is 18.0 Å². The fourth-order valence-corrected chi connectivity index (χ4v) is 10.2. The van der Waals surface area contributed by atoms with Crippen molar-refractivity contribution in [2.75, 3.05) is 20.3 Å². The number of methoxy groups -OCH3 is 1. The second-order valence-electron chi connectivity index (χ2n) is 15.6. The molecule has 0 aromatic heterocycles. The van der Waals surface area contributed by atoms with Gasteiger partial charge in [-0.3, -0.25) is 4.79 Å². The summed E-state index contributed by atoms with van der Waals surface area (Å²) in [5.74, 6) is -8.33. The molecule has 3 saturated heterocycles. The molecule has 290 valence electrons. The Labute approximate surface area is 299 Å². The van der Waals surface area contributed by atoms with Gasteiger partial charge in [-0.2, -0.15) is 0 Å². The molecule has 0 aromatic rings. The molecule has 2 saturated carbocycles. The molecule has 3 heterocycles. The van der Waals surface area contributed by atoms with E-state index in [0.29, 0.717) is 0 Å². The highest BCUT2D eigenvalue weighted by atomic mass is 16.7. The Bertz CT molecular complexity index is 1550. The number of aliphatic hydroxyl groups excluding tert-OH is 6. The van der Waals surface area contributed by atoms with Crippen molar-refractivity contribution in [1.29, 1.82) is 0 Å². The summed E-state index contributed by atoms with van der Waals surface area (Å²) in [6.07, 6.45) is -12.5. The van der Waals surface area contributed by atoms with Crippen molar-refractivity contribution in [3.8, 4) is 0 Å². The number of esters is 3. The summed E-state index contributed by atoms with van der Waals surface area (Å²) in [6, 6.07) is 0. The first-order valence-electron chi connectivity index (χ1n) is 17.4. The number of Topliss-reactive ketones (excluding diaryl/α,β-unsaturated/α-hetero) is 1. The minimum atomic E-state index is -2.40. The summed E-state index contributed by atoms with van der Waals surface area (Å²) in [5, 5.41) is 75.5. The molecule has 7 N–H and O–H groups in total. The number of hydrogen-bond acceptors (Lipinski definition) is 17. The SMILES string of the molecule is CC/C(=C\C(=O)O[C@H]1C(=O)O[C@@H]2C[C@H]3[C@H](C)C(=O)C(O[C@@H]4O[C@H](CO)[C@@H](O)[C@H](O)[C@H]4O)=C[C@]3(C)C3[C@@H](O)[C@H](O)[C@@]4(C(=O)OC)OC[C@]32[C@@H]14)C(C)(C)O. The number of aliphatic hydroxyl groups is 7. The highest BCUT2D eigenvalue weighted by Gasteiger charge is 2.85. The van der Waals surface area contributed by atoms with Gasteiger partial charge in [-0.25, -0.2) is 14.4 Å². The van der Waals surface area contributed by atoms with Crippen molar-refractivity contribution in [1.82, 2.24) is 0 Å². The maximum Gasteiger partial charge on any atom is 0.348 e. The molecular formula is C35H48O17. The van der Waals surface area contributed by atoms with Crippen molar-refractivity contribution < 1.29 is 83.3 Å². The van der Waals surface area contributed by atoms with E-state index in [0.717, 1.165) is 13.2 Å². The molecule has 1 spiro atoms. The van der Waals surface area contributed by atoms with Crippen LogP contribution in [0.15, 0.2) is 23.5 Å². The molecule has 17 heteroatoms. The Kier molecular flexibility index (Phi) is 9.75. The monoisotopic (exact) mass is 740 g/mol. The van der Waals surface area contributed by atoms with E-state index in [2.05, 4.69) is 0 Å². The van der Waals surface area contributed by atoms with Crippen LogP contribution in [-0.2, 0) is 47.6 Å². The fourth-order valence-electron chi connectivity index (χ4n) is 10.2. The number of hydrogen-bond donors (Lipinski definition) is 7. The van der Waals surface area contributed by atoms with Gasteiger partial charge < -0.3 is 64.2 Å².